The van der Waals surface area contributed by atoms with Crippen LogP contribution in [0.25, 0.3) is 67.0 Å². The lowest BCUT2D eigenvalue weighted by molar-refractivity contribution is -0.139. The highest BCUT2D eigenvalue weighted by molar-refractivity contribution is 6.02. The van der Waals surface area contributed by atoms with Gasteiger partial charge in [0.1, 0.15) is 29.8 Å². The Hall–Kier alpha value is -13.9. The number of carboxylic acids is 1. The van der Waals surface area contributed by atoms with E-state index in [1.165, 1.54) is 34.5 Å². The number of aromatic amines is 2. The van der Waals surface area contributed by atoms with Gasteiger partial charge in [0.25, 0.3) is 11.8 Å². The molecule has 33 heteroatoms. The Morgan fingerprint density at radius 1 is 0.422 bits per heavy atom. The number of aromatic nitrogens is 4. The number of imidazole rings is 2. The average molecular weight is 1840 g/mol. The van der Waals surface area contributed by atoms with Gasteiger partial charge in [0, 0.05) is 110 Å². The summed E-state index contributed by atoms with van der Waals surface area (Å²) >= 11 is 0. The topological polar surface area (TPSA) is 364 Å². The van der Waals surface area contributed by atoms with Gasteiger partial charge in [0.2, 0.25) is 17.7 Å². The summed E-state index contributed by atoms with van der Waals surface area (Å²) in [5.41, 5.74) is 14.1. The molecule has 8 atom stereocenters. The lowest BCUT2D eigenvalue weighted by Crippen LogP contribution is -2.53. The van der Waals surface area contributed by atoms with E-state index >= 15 is 17.6 Å². The zero-order valence-corrected chi connectivity index (χ0v) is 75.0. The second-order valence-corrected chi connectivity index (χ2v) is 35.4. The van der Waals surface area contributed by atoms with Crippen molar-refractivity contribution >= 4 is 70.9 Å². The number of halogens is 4. The molecule has 7 amide bonds. The van der Waals surface area contributed by atoms with Crippen LogP contribution in [-0.2, 0) is 72.3 Å². The molecule has 0 saturated carbocycles. The number of carbonyl (C=O) groups excluding carboxylic acids is 7. The fourth-order valence-corrected chi connectivity index (χ4v) is 20.6. The van der Waals surface area contributed by atoms with Gasteiger partial charge in [-0.15, -0.1) is 0 Å². The number of amides is 7. The summed E-state index contributed by atoms with van der Waals surface area (Å²) < 4.78 is 95.9. The van der Waals surface area contributed by atoms with Gasteiger partial charge in [-0.25, -0.2) is 33.9 Å². The van der Waals surface area contributed by atoms with E-state index in [0.717, 1.165) is 102 Å². The monoisotopic (exact) mass is 1840 g/mol. The molecule has 6 fully saturated rings. The number of alkyl halides is 4. The van der Waals surface area contributed by atoms with Crippen LogP contribution < -0.4 is 26.6 Å². The van der Waals surface area contributed by atoms with Crippen molar-refractivity contribution in [3.63, 3.8) is 0 Å². The smallest absolute Gasteiger partial charge is 0.407 e. The molecule has 8 aliphatic heterocycles. The largest absolute Gasteiger partial charge is 0.479 e. The molecule has 700 valence electrons. The summed E-state index contributed by atoms with van der Waals surface area (Å²) in [4.78, 5) is 132. The zero-order valence-electron chi connectivity index (χ0n) is 75.0. The van der Waals surface area contributed by atoms with Crippen LogP contribution in [0.5, 0.6) is 0 Å². The minimum Gasteiger partial charge on any atom is -0.479 e. The summed E-state index contributed by atoms with van der Waals surface area (Å²) in [6.07, 6.45) is 10.9. The molecule has 0 unspecified atom stereocenters. The standard InChI is InChI=1S/C51H51F2N7O7.C41H42F2N6O4.C10H11NO4/c1-65-49(63)57-44(29-8-4-3-5-9-29)47(61)59-20-6-10-42(59)40-27-34-24-31(14-17-39(34)55-40)32-12-15-35-36-16-13-33(26-38(36)51(52,53)37(35)25-32)41-28-54-46(56-41)43-11-7-21-60(43)48(62)45(58-50(64)66-2)30-18-22-67-23-19-30;1-52-40(51)48-37(23-12-16-53-17-13-23)39(50)49-15-3-5-36(49)38-45-22-35(47-38)26-7-10-29-28-9-6-25(19-30(28)41(42,43)31(29)20-26)24-8-11-32-27(18-24)21-34(46-32)33-4-2-14-44-33;1-15-10(14)11-8(9(12)13)7-5-3-2-4-6-7/h3-5,8-9,12-17,24-26,28,30,42-45H,6-7,10-11,18-23,27H2,1-2H3,(H,54,56)(H,57,63)(H,58,64);6-11,18-20,22-23,33,36-37,44H,2-5,12-17,21H2,1H3,(H,45,47)(H,48,51);2-6,8H,1H3,(H,11,14)(H,12,13)/t42-,43-,44+,45-;33-,36-,37-;8-/m001/s1. The molecule has 6 saturated heterocycles. The van der Waals surface area contributed by atoms with Crippen molar-refractivity contribution in [3.8, 4) is 67.0 Å². The van der Waals surface area contributed by atoms with E-state index in [4.69, 9.17) is 38.8 Å². The van der Waals surface area contributed by atoms with Crippen molar-refractivity contribution < 1.29 is 89.4 Å². The number of methoxy groups -OCH3 is 4. The summed E-state index contributed by atoms with van der Waals surface area (Å²) in [7, 11) is 4.99. The SMILES string of the molecule is COC(=O)N[C@@H](C(=O)O)c1ccccc1.COC(=O)N[C@H](C(=O)N1CCC[C@H]1c1ncc(-c2ccc3c(c2)C(F)(F)c2cc(-c4ccc5c(c4)CC([C@@H]4CCCN4)=N5)ccc2-3)[nH]1)C1CCOCC1.COC(=O)N[C@H](C(=O)N1CCC[C@H]1c1ncc(-c2ccc3c(c2)C(F)(F)c2cc(-c4ccc5c(c4)CC([C@@H]4CCCN4C(=O)[C@H](NC(=O)OC)c4ccccc4)=N5)ccc2-3)[nH]1)C1CCOCC1. The third-order valence-electron chi connectivity index (χ3n) is 27.6. The molecule has 8 aromatic carbocycles. The Morgan fingerprint density at radius 3 is 1.21 bits per heavy atom. The van der Waals surface area contributed by atoms with Gasteiger partial charge in [0.05, 0.1) is 81.7 Å². The van der Waals surface area contributed by atoms with Crippen LogP contribution in [0.2, 0.25) is 0 Å². The number of fused-ring (bicyclic) bond motifs is 8. The molecule has 135 heavy (non-hydrogen) atoms. The van der Waals surface area contributed by atoms with Crippen LogP contribution in [0, 0.1) is 11.8 Å². The van der Waals surface area contributed by atoms with Crippen molar-refractivity contribution in [1.82, 2.24) is 61.2 Å². The minimum absolute atomic E-state index is 0.000186. The number of aliphatic carboxylic acids is 1. The molecule has 2 aromatic heterocycles. The number of likely N-dealkylation sites (tertiary alicyclic amines) is 3. The first kappa shape index (κ1) is 91.6. The van der Waals surface area contributed by atoms with Gasteiger partial charge < -0.3 is 84.8 Å². The summed E-state index contributed by atoms with van der Waals surface area (Å²) in [5, 5.41) is 22.9. The summed E-state index contributed by atoms with van der Waals surface area (Å²) in [5.74, 6) is -7.29. The molecule has 2 aliphatic carbocycles. The second-order valence-electron chi connectivity index (χ2n) is 35.4. The Labute approximate surface area is 776 Å². The van der Waals surface area contributed by atoms with Crippen LogP contribution in [0.1, 0.15) is 157 Å². The molecule has 0 bridgehead atoms. The average Bonchev–Trinajstić information content (AvgIpc) is 1.57. The van der Waals surface area contributed by atoms with E-state index in [1.54, 1.807) is 106 Å². The van der Waals surface area contributed by atoms with Gasteiger partial charge in [-0.3, -0.25) is 24.4 Å². The third-order valence-corrected chi connectivity index (χ3v) is 27.6. The van der Waals surface area contributed by atoms with Crippen molar-refractivity contribution in [2.24, 2.45) is 21.8 Å². The van der Waals surface area contributed by atoms with E-state index in [1.807, 2.05) is 78.9 Å². The number of nitrogens with one attached hydrogen (secondary N) is 7. The first-order valence-electron chi connectivity index (χ1n) is 45.8. The number of carbonyl (C=O) groups is 8. The van der Waals surface area contributed by atoms with E-state index in [2.05, 4.69) is 57.3 Å². The summed E-state index contributed by atoms with van der Waals surface area (Å²) in [6, 6.07) is 45.9. The Balaban J connectivity index is 0.000000159. The highest BCUT2D eigenvalue weighted by atomic mass is 19.3. The van der Waals surface area contributed by atoms with E-state index in [0.29, 0.717) is 170 Å². The quantitative estimate of drug-likeness (QED) is 0.0259. The molecule has 0 spiro atoms. The molecule has 10 aliphatic rings. The first-order chi connectivity index (χ1) is 65.4. The maximum atomic E-state index is 16.7. The minimum atomic E-state index is -3.29. The molecule has 8 N–H and O–H groups in total. The normalized spacial score (nSPS) is 20.1. The lowest BCUT2D eigenvalue weighted by Gasteiger charge is -2.34. The van der Waals surface area contributed by atoms with Crippen LogP contribution in [0.15, 0.2) is 192 Å². The van der Waals surface area contributed by atoms with Crippen LogP contribution >= 0.6 is 0 Å². The first-order valence-corrected chi connectivity index (χ1v) is 45.8. The van der Waals surface area contributed by atoms with Crippen LogP contribution in [-0.4, -0.2) is 204 Å². The maximum Gasteiger partial charge on any atom is 0.407 e. The van der Waals surface area contributed by atoms with Crippen LogP contribution in [0.4, 0.5) is 48.1 Å². The van der Waals surface area contributed by atoms with E-state index in [-0.39, 0.29) is 69.9 Å². The molecule has 10 heterocycles. The highest BCUT2D eigenvalue weighted by Gasteiger charge is 2.49. The lowest BCUT2D eigenvalue weighted by atomic mass is 9.90. The third kappa shape index (κ3) is 18.7. The Bertz CT molecular complexity index is 6250. The molecule has 20 rings (SSSR count). The molecule has 29 nitrogen and oxygen atoms in total. The molecular formula is C102H104F4N14O15. The Morgan fingerprint density at radius 2 is 0.793 bits per heavy atom. The van der Waals surface area contributed by atoms with Crippen LogP contribution in [0.3, 0.4) is 0 Å². The Kier molecular flexibility index (Phi) is 26.7. The maximum absolute atomic E-state index is 16.7. The number of hydrogen-bond donors (Lipinski definition) is 8. The number of rotatable bonds is 20. The molecule has 10 aromatic rings. The number of carboxylic acid groups (broad SMARTS) is 1. The number of ether oxygens (including phenoxy) is 6. The van der Waals surface area contributed by atoms with Crippen molar-refractivity contribution in [2.75, 3.05) is 81.0 Å². The number of nitrogens with zero attached hydrogens (tertiary/aromatic N) is 7. The van der Waals surface area contributed by atoms with Crippen molar-refractivity contribution in [3.05, 3.63) is 238 Å². The van der Waals surface area contributed by atoms with E-state index < -0.39 is 66.4 Å². The van der Waals surface area contributed by atoms with Gasteiger partial charge in [-0.2, -0.15) is 17.6 Å². The van der Waals surface area contributed by atoms with Gasteiger partial charge in [-0.1, -0.05) is 121 Å². The molecular weight excluding hydrogens is 1740 g/mol. The van der Waals surface area contributed by atoms with E-state index in [9.17, 15) is 38.4 Å². The van der Waals surface area contributed by atoms with Crippen molar-refractivity contribution in [2.45, 2.75) is 150 Å². The summed E-state index contributed by atoms with van der Waals surface area (Å²) in [6.45, 7) is 4.60. The highest BCUT2D eigenvalue weighted by Crippen LogP contribution is 2.55. The number of benzene rings is 8. The predicted octanol–water partition coefficient (Wildman–Crippen LogP) is 16.6. The number of hydrogen-bond acceptors (Lipinski definition) is 19. The number of H-pyrrole nitrogens is 2. The fourth-order valence-electron chi connectivity index (χ4n) is 20.6. The second kappa shape index (κ2) is 39.3. The van der Waals surface area contributed by atoms with Gasteiger partial charge in [0.15, 0.2) is 6.04 Å². The fraction of sp³-hybridized carbons (Fsp3) is 0.373. The van der Waals surface area contributed by atoms with Crippen molar-refractivity contribution in [1.29, 1.82) is 0 Å². The number of aliphatic imine (C=N–C) groups is 2. The molecule has 0 radical (unpaired) electrons. The van der Waals surface area contributed by atoms with Gasteiger partial charge >= 0.3 is 30.3 Å². The zero-order chi connectivity index (χ0) is 93.9. The predicted molar refractivity (Wildman–Crippen MR) is 493 cm³/mol. The van der Waals surface area contributed by atoms with Gasteiger partial charge in [-0.05, 0) is 211 Å². The number of alkyl carbamates (subject to hydrolysis) is 4.